The molecule has 1 aliphatic rings. The van der Waals surface area contributed by atoms with Crippen LogP contribution in [0.2, 0.25) is 0 Å². The molecule has 0 spiro atoms. The Bertz CT molecular complexity index is 725. The summed E-state index contributed by atoms with van der Waals surface area (Å²) >= 11 is 1.31. The van der Waals surface area contributed by atoms with Crippen molar-refractivity contribution in [1.29, 1.82) is 0 Å². The number of rotatable bonds is 7. The van der Waals surface area contributed by atoms with Crippen LogP contribution >= 0.6 is 11.3 Å². The number of nitrogens with one attached hydrogen (secondary N) is 1. The highest BCUT2D eigenvalue weighted by Crippen LogP contribution is 2.29. The van der Waals surface area contributed by atoms with Gasteiger partial charge in [0, 0.05) is 26.6 Å². The van der Waals surface area contributed by atoms with Gasteiger partial charge < -0.3 is 14.4 Å². The highest BCUT2D eigenvalue weighted by atomic mass is 32.1. The highest BCUT2D eigenvalue weighted by molar-refractivity contribution is 7.15. The lowest BCUT2D eigenvalue weighted by molar-refractivity contribution is -0.117. The number of anilines is 1. The fraction of sp³-hybridized carbons (Fsp3) is 0.625. The lowest BCUT2D eigenvalue weighted by atomic mass is 9.90. The molecular weight excluding hydrogens is 356 g/mol. The Balaban J connectivity index is 1.44. The van der Waals surface area contributed by atoms with Crippen LogP contribution in [-0.4, -0.2) is 62.4 Å². The molecular formula is C16H24N6O3S. The minimum absolute atomic E-state index is 0.104. The summed E-state index contributed by atoms with van der Waals surface area (Å²) in [5.41, 5.74) is 0. The molecule has 142 valence electrons. The number of nitrogens with zero attached hydrogens (tertiary/aromatic N) is 5. The van der Waals surface area contributed by atoms with Gasteiger partial charge in [-0.1, -0.05) is 11.3 Å². The van der Waals surface area contributed by atoms with Crippen molar-refractivity contribution < 1.29 is 14.6 Å². The largest absolute Gasteiger partial charge is 0.385 e. The fourth-order valence-corrected chi connectivity index (χ4v) is 3.88. The Kier molecular flexibility index (Phi) is 6.30. The molecule has 1 atom stereocenters. The average molecular weight is 380 g/mol. The monoisotopic (exact) mass is 380 g/mol. The number of ether oxygens (including phenoxy) is 1. The molecule has 3 rings (SSSR count). The molecule has 1 amide bonds. The number of likely N-dealkylation sites (tertiary alicyclic amines) is 1. The quantitative estimate of drug-likeness (QED) is 0.732. The number of aliphatic hydroxyl groups excluding tert-OH is 1. The van der Waals surface area contributed by atoms with Crippen LogP contribution < -0.4 is 5.32 Å². The van der Waals surface area contributed by atoms with Crippen LogP contribution in [0.5, 0.6) is 0 Å². The molecule has 0 bridgehead atoms. The third-order valence-electron chi connectivity index (χ3n) is 4.55. The molecule has 26 heavy (non-hydrogen) atoms. The Morgan fingerprint density at radius 1 is 1.46 bits per heavy atom. The number of carbonyl (C=O) groups excluding carboxylic acids is 1. The summed E-state index contributed by atoms with van der Waals surface area (Å²) in [6.45, 7) is 2.24. The van der Waals surface area contributed by atoms with E-state index in [2.05, 4.69) is 25.4 Å². The highest BCUT2D eigenvalue weighted by Gasteiger charge is 2.29. The predicted octanol–water partition coefficient (Wildman–Crippen LogP) is 0.802. The first-order valence-electron chi connectivity index (χ1n) is 8.55. The van der Waals surface area contributed by atoms with E-state index in [4.69, 9.17) is 4.74 Å². The molecule has 10 heteroatoms. The van der Waals surface area contributed by atoms with E-state index in [0.29, 0.717) is 24.1 Å². The van der Waals surface area contributed by atoms with E-state index >= 15 is 0 Å². The van der Waals surface area contributed by atoms with Gasteiger partial charge in [-0.25, -0.2) is 4.98 Å². The van der Waals surface area contributed by atoms with Gasteiger partial charge in [0.15, 0.2) is 0 Å². The summed E-state index contributed by atoms with van der Waals surface area (Å²) in [6, 6.07) is 0. The number of carbonyl (C=O) groups is 1. The van der Waals surface area contributed by atoms with Crippen molar-refractivity contribution in [3.63, 3.8) is 0 Å². The second-order valence-corrected chi connectivity index (χ2v) is 7.50. The summed E-state index contributed by atoms with van der Waals surface area (Å²) in [7, 11) is 3.48. The zero-order valence-corrected chi connectivity index (χ0v) is 15.8. The van der Waals surface area contributed by atoms with E-state index in [-0.39, 0.29) is 11.8 Å². The number of hydrogen-bond donors (Lipinski definition) is 2. The van der Waals surface area contributed by atoms with Crippen molar-refractivity contribution in [3.05, 3.63) is 23.2 Å². The number of amides is 1. The minimum atomic E-state index is -0.563. The van der Waals surface area contributed by atoms with Crippen molar-refractivity contribution in [2.45, 2.75) is 25.6 Å². The molecule has 0 radical (unpaired) electrons. The first-order valence-corrected chi connectivity index (χ1v) is 9.37. The van der Waals surface area contributed by atoms with Crippen LogP contribution in [0, 0.1) is 5.92 Å². The Hall–Kier alpha value is -1.88. The second kappa shape index (κ2) is 8.67. The molecule has 0 aromatic carbocycles. The maximum Gasteiger partial charge on any atom is 0.240 e. The molecule has 1 fully saturated rings. The van der Waals surface area contributed by atoms with Gasteiger partial charge in [0.2, 0.25) is 11.0 Å². The third kappa shape index (κ3) is 4.64. The molecule has 1 aliphatic heterocycles. The zero-order valence-electron chi connectivity index (χ0n) is 15.0. The van der Waals surface area contributed by atoms with Gasteiger partial charge in [0.1, 0.15) is 23.5 Å². The maximum atomic E-state index is 12.2. The number of methoxy groups -OCH3 is 1. The molecule has 3 heterocycles. The average Bonchev–Trinajstić information content (AvgIpc) is 3.24. The SMILES string of the molecule is COCc1nnc(NC(=O)CN2CCC(C(O)c3nccn3C)CC2)s1. The van der Waals surface area contributed by atoms with E-state index in [0.717, 1.165) is 30.9 Å². The lowest BCUT2D eigenvalue weighted by Gasteiger charge is -2.33. The zero-order chi connectivity index (χ0) is 18.5. The van der Waals surface area contributed by atoms with E-state index in [1.165, 1.54) is 11.3 Å². The number of piperidine rings is 1. The standard InChI is InChI=1S/C16H24N6O3S/c1-21-8-5-17-15(21)14(24)11-3-6-22(7-4-11)9-12(23)18-16-20-19-13(26-16)10-25-2/h5,8,11,14,24H,3-4,6-7,9-10H2,1-2H3,(H,18,20,23). The predicted molar refractivity (Wildman–Crippen MR) is 96.6 cm³/mol. The van der Waals surface area contributed by atoms with E-state index in [9.17, 15) is 9.90 Å². The van der Waals surface area contributed by atoms with Gasteiger partial charge in [-0.3, -0.25) is 15.0 Å². The van der Waals surface area contributed by atoms with Gasteiger partial charge in [-0.15, -0.1) is 10.2 Å². The Morgan fingerprint density at radius 2 is 2.23 bits per heavy atom. The Labute approximate surface area is 156 Å². The van der Waals surface area contributed by atoms with Crippen molar-refractivity contribution in [1.82, 2.24) is 24.6 Å². The summed E-state index contributed by atoms with van der Waals surface area (Å²) in [5.74, 6) is 0.757. The Morgan fingerprint density at radius 3 is 2.88 bits per heavy atom. The number of aliphatic hydroxyl groups is 1. The van der Waals surface area contributed by atoms with Crippen molar-refractivity contribution in [2.75, 3.05) is 32.1 Å². The van der Waals surface area contributed by atoms with Crippen LogP contribution in [0.1, 0.15) is 29.8 Å². The van der Waals surface area contributed by atoms with Crippen LogP contribution in [0.3, 0.4) is 0 Å². The van der Waals surface area contributed by atoms with Crippen LogP contribution in [0.15, 0.2) is 12.4 Å². The van der Waals surface area contributed by atoms with Crippen LogP contribution in [0.4, 0.5) is 5.13 Å². The van der Waals surface area contributed by atoms with Gasteiger partial charge in [0.25, 0.3) is 0 Å². The summed E-state index contributed by atoms with van der Waals surface area (Å²) in [4.78, 5) is 18.5. The number of hydrogen-bond acceptors (Lipinski definition) is 8. The molecule has 0 saturated carbocycles. The first-order chi connectivity index (χ1) is 12.6. The van der Waals surface area contributed by atoms with Crippen molar-refractivity contribution in [3.8, 4) is 0 Å². The van der Waals surface area contributed by atoms with Crippen molar-refractivity contribution >= 4 is 22.4 Å². The molecule has 2 aromatic heterocycles. The smallest absolute Gasteiger partial charge is 0.240 e. The molecule has 1 saturated heterocycles. The number of aryl methyl sites for hydroxylation is 1. The third-order valence-corrected chi connectivity index (χ3v) is 5.36. The van der Waals surface area contributed by atoms with E-state index in [1.54, 1.807) is 13.3 Å². The fourth-order valence-electron chi connectivity index (χ4n) is 3.15. The molecule has 9 nitrogen and oxygen atoms in total. The first kappa shape index (κ1) is 18.9. The van der Waals surface area contributed by atoms with E-state index in [1.807, 2.05) is 17.8 Å². The van der Waals surface area contributed by atoms with Crippen LogP contribution in [0.25, 0.3) is 0 Å². The minimum Gasteiger partial charge on any atom is -0.385 e. The maximum absolute atomic E-state index is 12.2. The van der Waals surface area contributed by atoms with Gasteiger partial charge in [-0.05, 0) is 31.8 Å². The van der Waals surface area contributed by atoms with E-state index < -0.39 is 6.10 Å². The lowest BCUT2D eigenvalue weighted by Crippen LogP contribution is -2.40. The topological polar surface area (TPSA) is 105 Å². The molecule has 2 aromatic rings. The second-order valence-electron chi connectivity index (χ2n) is 6.44. The van der Waals surface area contributed by atoms with Gasteiger partial charge in [-0.2, -0.15) is 0 Å². The summed E-state index contributed by atoms with van der Waals surface area (Å²) in [5, 5.41) is 22.4. The molecule has 1 unspecified atom stereocenters. The van der Waals surface area contributed by atoms with Crippen LogP contribution in [-0.2, 0) is 23.2 Å². The summed E-state index contributed by atoms with van der Waals surface area (Å²) in [6.07, 6.45) is 4.63. The van der Waals surface area contributed by atoms with Gasteiger partial charge >= 0.3 is 0 Å². The van der Waals surface area contributed by atoms with Crippen molar-refractivity contribution in [2.24, 2.45) is 13.0 Å². The molecule has 2 N–H and O–H groups in total. The number of imidazole rings is 1. The molecule has 0 aliphatic carbocycles. The van der Waals surface area contributed by atoms with Gasteiger partial charge in [0.05, 0.1) is 6.54 Å². The summed E-state index contributed by atoms with van der Waals surface area (Å²) < 4.78 is 6.84. The number of aromatic nitrogens is 4. The normalized spacial score (nSPS) is 17.3.